The van der Waals surface area contributed by atoms with Crippen molar-refractivity contribution in [2.24, 2.45) is 5.41 Å². The Morgan fingerprint density at radius 1 is 0.659 bits per heavy atom. The number of piperidine rings is 1. The molecule has 2 aliphatic heterocycles. The molecule has 22 nitrogen and oxygen atoms in total. The molecule has 1 fully saturated rings. The normalized spacial score (nSPS) is 20.9. The topological polar surface area (TPSA) is 266 Å². The first kappa shape index (κ1) is 68.8. The standard InChI is InChI=1S/C69H82N6O16/c1-69(2)44-90-61(79)27-16-17-36-72(3)65(82)52(38-45-20-11-9-12-21-45)70-59(77)42-73(4)66(83)53(39-46-22-13-10-14-23-46)71-64(81)55(40-47-28-30-49(76)31-29-47)74(5)60(78)43-89-50-25-19-24-48(41-50)56(33-32-51-57(86-6)34-35-58(87-7)62(51)88-8)91-68(85)54-26-15-18-37-75(54)67(84)63(69)80/h9-14,16,19-25,27-31,34-35,41,52-56,76H,15,17-18,26,32-33,36-40,42-44H2,1-8H3,(H,70,77)(H,71,81)/t52-,53-,54+,55+,56-/m1/s1. The van der Waals surface area contributed by atoms with Gasteiger partial charge < -0.3 is 63.8 Å². The van der Waals surface area contributed by atoms with Gasteiger partial charge in [0.1, 0.15) is 54.1 Å². The number of ether oxygens (including phenoxy) is 6. The van der Waals surface area contributed by atoms with Gasteiger partial charge in [0, 0.05) is 65.1 Å². The Kier molecular flexibility index (Phi) is 24.7. The van der Waals surface area contributed by atoms with E-state index in [4.69, 9.17) is 28.4 Å². The van der Waals surface area contributed by atoms with Crippen molar-refractivity contribution >= 4 is 53.2 Å². The number of Topliss-reactive ketones (excluding diaryl/α,β-unsaturated/α-hetero) is 1. The zero-order chi connectivity index (χ0) is 65.8. The molecule has 0 aliphatic carbocycles. The minimum Gasteiger partial charge on any atom is -0.508 e. The van der Waals surface area contributed by atoms with E-state index in [1.807, 2.05) is 6.07 Å². The number of benzene rings is 5. The van der Waals surface area contributed by atoms with Crippen LogP contribution in [0.2, 0.25) is 0 Å². The summed E-state index contributed by atoms with van der Waals surface area (Å²) in [7, 11) is 8.85. The summed E-state index contributed by atoms with van der Waals surface area (Å²) in [5, 5.41) is 15.9. The van der Waals surface area contributed by atoms with Crippen molar-refractivity contribution in [1.29, 1.82) is 0 Å². The number of hydrogen-bond acceptors (Lipinski definition) is 16. The molecule has 3 N–H and O–H groups in total. The maximum atomic E-state index is 14.9. The number of nitrogens with zero attached hydrogens (tertiary/aromatic N) is 4. The molecule has 5 aromatic rings. The molecule has 2 aliphatic rings. The number of carbonyl (C=O) groups excluding carboxylic acids is 9. The Labute approximate surface area is 530 Å². The number of rotatable bonds is 12. The van der Waals surface area contributed by atoms with Crippen molar-refractivity contribution in [3.8, 4) is 28.7 Å². The average Bonchev–Trinajstić information content (AvgIpc) is 1.05. The van der Waals surface area contributed by atoms with Gasteiger partial charge in [0.05, 0.1) is 33.3 Å². The molecule has 1 saturated heterocycles. The number of fused-ring (bicyclic) bond motifs is 3. The summed E-state index contributed by atoms with van der Waals surface area (Å²) in [4.78, 5) is 133. The molecular formula is C69H82N6O16. The lowest BCUT2D eigenvalue weighted by atomic mass is 9.87. The van der Waals surface area contributed by atoms with E-state index < -0.39 is 109 Å². The average molecular weight is 1250 g/mol. The van der Waals surface area contributed by atoms with Crippen molar-refractivity contribution in [1.82, 2.24) is 30.2 Å². The lowest BCUT2D eigenvalue weighted by Gasteiger charge is -2.36. The van der Waals surface area contributed by atoms with Crippen LogP contribution in [0.25, 0.3) is 0 Å². The molecule has 5 aromatic carbocycles. The van der Waals surface area contributed by atoms with Crippen LogP contribution in [0, 0.1) is 5.41 Å². The molecular weight excluding hydrogens is 1170 g/mol. The quantitative estimate of drug-likeness (QED) is 0.0964. The summed E-state index contributed by atoms with van der Waals surface area (Å²) in [5.41, 5.74) is 1.47. The Morgan fingerprint density at radius 3 is 1.93 bits per heavy atom. The van der Waals surface area contributed by atoms with E-state index >= 15 is 0 Å². The summed E-state index contributed by atoms with van der Waals surface area (Å²) < 4.78 is 35.2. The van der Waals surface area contributed by atoms with Crippen LogP contribution in [0.5, 0.6) is 28.7 Å². The molecule has 91 heavy (non-hydrogen) atoms. The highest BCUT2D eigenvalue weighted by Gasteiger charge is 2.43. The highest BCUT2D eigenvalue weighted by molar-refractivity contribution is 6.38. The van der Waals surface area contributed by atoms with Crippen LogP contribution in [0.3, 0.4) is 0 Å². The van der Waals surface area contributed by atoms with Gasteiger partial charge >= 0.3 is 11.9 Å². The molecule has 2 heterocycles. The maximum Gasteiger partial charge on any atom is 0.330 e. The van der Waals surface area contributed by atoms with E-state index in [0.717, 1.165) is 16.5 Å². The van der Waals surface area contributed by atoms with Crippen LogP contribution >= 0.6 is 0 Å². The first-order valence-electron chi connectivity index (χ1n) is 30.2. The van der Waals surface area contributed by atoms with Crippen LogP contribution < -0.4 is 29.6 Å². The van der Waals surface area contributed by atoms with Gasteiger partial charge in [-0.3, -0.25) is 33.6 Å². The van der Waals surface area contributed by atoms with Crippen LogP contribution in [0.1, 0.15) is 79.9 Å². The zero-order valence-electron chi connectivity index (χ0n) is 52.8. The van der Waals surface area contributed by atoms with E-state index in [1.165, 1.54) is 82.2 Å². The van der Waals surface area contributed by atoms with Gasteiger partial charge in [-0.05, 0) is 111 Å². The van der Waals surface area contributed by atoms with Gasteiger partial charge in [-0.15, -0.1) is 0 Å². The van der Waals surface area contributed by atoms with Crippen molar-refractivity contribution in [3.05, 3.63) is 161 Å². The smallest absolute Gasteiger partial charge is 0.330 e. The summed E-state index contributed by atoms with van der Waals surface area (Å²) >= 11 is 0. The molecule has 0 aromatic heterocycles. The van der Waals surface area contributed by atoms with Crippen molar-refractivity contribution in [2.75, 3.05) is 75.3 Å². The Bertz CT molecular complexity index is 3400. The molecule has 2 bridgehead atoms. The van der Waals surface area contributed by atoms with Crippen LogP contribution in [-0.2, 0) is 78.3 Å². The lowest BCUT2D eigenvalue weighted by Crippen LogP contribution is -2.57. The number of hydrogen-bond donors (Lipinski definition) is 3. The number of likely N-dealkylation sites (N-methyl/N-ethyl adjacent to an activating group) is 3. The Morgan fingerprint density at radius 2 is 1.29 bits per heavy atom. The van der Waals surface area contributed by atoms with Gasteiger partial charge in [0.15, 0.2) is 18.1 Å². The fourth-order valence-electron chi connectivity index (χ4n) is 10.9. The number of carbonyl (C=O) groups is 9. The molecule has 0 unspecified atom stereocenters. The predicted octanol–water partition coefficient (Wildman–Crippen LogP) is 5.93. The number of phenols is 1. The molecule has 7 rings (SSSR count). The summed E-state index contributed by atoms with van der Waals surface area (Å²) in [6.45, 7) is 1.49. The Balaban J connectivity index is 1.23. The second-order valence-electron chi connectivity index (χ2n) is 23.2. The van der Waals surface area contributed by atoms with E-state index in [-0.39, 0.29) is 69.5 Å². The van der Waals surface area contributed by atoms with Crippen LogP contribution in [0.15, 0.2) is 133 Å². The Hall–Kier alpha value is -9.73. The summed E-state index contributed by atoms with van der Waals surface area (Å²) in [6, 6.07) is 29.2. The number of ketones is 1. The van der Waals surface area contributed by atoms with Crippen molar-refractivity contribution < 1.29 is 76.7 Å². The number of phenolic OH excluding ortho intramolecular Hbond substituents is 1. The van der Waals surface area contributed by atoms with Crippen molar-refractivity contribution in [3.63, 3.8) is 0 Å². The fourth-order valence-corrected chi connectivity index (χ4v) is 10.9. The zero-order valence-corrected chi connectivity index (χ0v) is 52.8. The number of nitrogens with one attached hydrogen (secondary N) is 2. The minimum absolute atomic E-state index is 0.0157. The second-order valence-corrected chi connectivity index (χ2v) is 23.2. The molecule has 0 spiro atoms. The van der Waals surface area contributed by atoms with E-state index in [1.54, 1.807) is 110 Å². The molecule has 22 heteroatoms. The SMILES string of the molecule is COc1ccc(OC)c(OC)c1CC[C@H]1OC(=O)[C@@H]2CCCCN2C(=O)C(=O)C(C)(C)COC(=O)C=CCCN(C)C(=O)[C@@H](Cc2ccccc2)NC(=O)CN(C)C(=O)[C@@H](Cc2ccccc2)NC(=O)[C@H](Cc2ccc(O)cc2)N(C)C(=O)COc2cccc1c2. The monoisotopic (exact) mass is 1250 g/mol. The van der Waals surface area contributed by atoms with Crippen molar-refractivity contribution in [2.45, 2.75) is 102 Å². The van der Waals surface area contributed by atoms with E-state index in [2.05, 4.69) is 10.6 Å². The highest BCUT2D eigenvalue weighted by atomic mass is 16.5. The number of cyclic esters (lactones) is 2. The first-order chi connectivity index (χ1) is 43.6. The van der Waals surface area contributed by atoms with Gasteiger partial charge in [-0.2, -0.15) is 0 Å². The highest BCUT2D eigenvalue weighted by Crippen LogP contribution is 2.40. The maximum absolute atomic E-state index is 14.9. The number of aromatic hydroxyl groups is 1. The summed E-state index contributed by atoms with van der Waals surface area (Å²) in [6.07, 6.45) is 3.28. The molecule has 5 atom stereocenters. The third kappa shape index (κ3) is 18.9. The molecule has 484 valence electrons. The van der Waals surface area contributed by atoms with Gasteiger partial charge in [-0.25, -0.2) is 9.59 Å². The summed E-state index contributed by atoms with van der Waals surface area (Å²) in [5.74, 6) is -5.17. The first-order valence-corrected chi connectivity index (χ1v) is 30.2. The van der Waals surface area contributed by atoms with E-state index in [0.29, 0.717) is 52.3 Å². The third-order valence-electron chi connectivity index (χ3n) is 16.1. The van der Waals surface area contributed by atoms with Gasteiger partial charge in [0.25, 0.3) is 11.8 Å². The number of amides is 6. The van der Waals surface area contributed by atoms with Crippen LogP contribution in [-0.4, -0.2) is 177 Å². The predicted molar refractivity (Wildman–Crippen MR) is 336 cm³/mol. The number of methoxy groups -OCH3 is 3. The fraction of sp³-hybridized carbons (Fsp3) is 0.406. The minimum atomic E-state index is -1.53. The second kappa shape index (κ2) is 32.7. The molecule has 0 saturated carbocycles. The number of esters is 2. The molecule has 6 amide bonds. The van der Waals surface area contributed by atoms with E-state index in [9.17, 15) is 48.3 Å². The largest absolute Gasteiger partial charge is 0.508 e. The van der Waals surface area contributed by atoms with Gasteiger partial charge in [0.2, 0.25) is 29.4 Å². The van der Waals surface area contributed by atoms with Gasteiger partial charge in [-0.1, -0.05) is 91.0 Å². The molecule has 0 radical (unpaired) electrons. The lowest BCUT2D eigenvalue weighted by molar-refractivity contribution is -0.165. The van der Waals surface area contributed by atoms with Crippen LogP contribution in [0.4, 0.5) is 0 Å². The third-order valence-corrected chi connectivity index (χ3v) is 16.1.